The van der Waals surface area contributed by atoms with Gasteiger partial charge in [0.25, 0.3) is 5.91 Å². The van der Waals surface area contributed by atoms with Crippen LogP contribution >= 0.6 is 15.9 Å². The summed E-state index contributed by atoms with van der Waals surface area (Å²) in [6.45, 7) is 2.47. The maximum atomic E-state index is 11.5. The normalized spacial score (nSPS) is 12.1. The van der Waals surface area contributed by atoms with E-state index in [0.717, 1.165) is 0 Å². The predicted molar refractivity (Wildman–Crippen MR) is 58.8 cm³/mol. The van der Waals surface area contributed by atoms with E-state index in [2.05, 4.69) is 21.2 Å². The van der Waals surface area contributed by atoms with Crippen molar-refractivity contribution in [2.45, 2.75) is 11.8 Å². The highest BCUT2D eigenvalue weighted by atomic mass is 79.9. The number of para-hydroxylation sites is 1. The molecule has 0 bridgehead atoms. The molecule has 0 aliphatic carbocycles. The van der Waals surface area contributed by atoms with Crippen LogP contribution in [-0.2, 0) is 0 Å². The molecule has 0 heterocycles. The fourth-order valence-electron chi connectivity index (χ4n) is 0.994. The van der Waals surface area contributed by atoms with Crippen LogP contribution in [0.4, 0.5) is 0 Å². The second-order valence-electron chi connectivity index (χ2n) is 3.01. The monoisotopic (exact) mass is 257 g/mol. The lowest BCUT2D eigenvalue weighted by Crippen LogP contribution is -2.28. The molecule has 1 aromatic carbocycles. The van der Waals surface area contributed by atoms with Gasteiger partial charge in [0.05, 0.1) is 5.56 Å². The molecule has 3 nitrogen and oxygen atoms in total. The third-order valence-corrected chi connectivity index (χ3v) is 2.02. The largest absolute Gasteiger partial charge is 0.507 e. The molecule has 0 radical (unpaired) electrons. The number of aromatic hydroxyl groups is 1. The topological polar surface area (TPSA) is 49.3 Å². The van der Waals surface area contributed by atoms with Gasteiger partial charge in [0.1, 0.15) is 5.75 Å². The quantitative estimate of drug-likeness (QED) is 0.813. The minimum absolute atomic E-state index is 0.00669. The molecule has 1 aromatic rings. The second kappa shape index (κ2) is 5.00. The van der Waals surface area contributed by atoms with Crippen molar-refractivity contribution >= 4 is 21.8 Å². The van der Waals surface area contributed by atoms with Gasteiger partial charge in [0.2, 0.25) is 0 Å². The summed E-state index contributed by atoms with van der Waals surface area (Å²) in [4.78, 5) is 11.7. The van der Waals surface area contributed by atoms with Crippen LogP contribution in [0.1, 0.15) is 17.3 Å². The number of phenols is 1. The number of hydrogen-bond donors (Lipinski definition) is 2. The lowest BCUT2D eigenvalue weighted by Gasteiger charge is -2.07. The van der Waals surface area contributed by atoms with E-state index in [9.17, 15) is 9.90 Å². The molecule has 4 heteroatoms. The van der Waals surface area contributed by atoms with E-state index in [4.69, 9.17) is 0 Å². The van der Waals surface area contributed by atoms with Crippen molar-refractivity contribution in [3.8, 4) is 5.75 Å². The molecule has 0 saturated carbocycles. The summed E-state index contributed by atoms with van der Waals surface area (Å²) in [5.74, 6) is -0.248. The molecule has 14 heavy (non-hydrogen) atoms. The summed E-state index contributed by atoms with van der Waals surface area (Å²) in [7, 11) is 0. The van der Waals surface area contributed by atoms with Crippen LogP contribution in [0.25, 0.3) is 0 Å². The van der Waals surface area contributed by atoms with E-state index < -0.39 is 0 Å². The molecule has 0 spiro atoms. The molecule has 1 atom stereocenters. The average Bonchev–Trinajstić information content (AvgIpc) is 2.15. The number of benzene rings is 1. The summed E-state index contributed by atoms with van der Waals surface area (Å²) in [5, 5.41) is 12.1. The first-order chi connectivity index (χ1) is 6.61. The lowest BCUT2D eigenvalue weighted by molar-refractivity contribution is 0.0951. The second-order valence-corrected chi connectivity index (χ2v) is 4.57. The van der Waals surface area contributed by atoms with Crippen molar-refractivity contribution in [1.82, 2.24) is 5.32 Å². The number of halogens is 1. The van der Waals surface area contributed by atoms with E-state index in [0.29, 0.717) is 12.1 Å². The molecule has 0 fully saturated rings. The minimum atomic E-state index is -0.255. The van der Waals surface area contributed by atoms with E-state index in [1.54, 1.807) is 18.2 Å². The Morgan fingerprint density at radius 3 is 2.79 bits per heavy atom. The number of alkyl halides is 1. The van der Waals surface area contributed by atoms with Crippen molar-refractivity contribution in [1.29, 1.82) is 0 Å². The number of carbonyl (C=O) groups excluding carboxylic acids is 1. The van der Waals surface area contributed by atoms with Gasteiger partial charge in [-0.15, -0.1) is 0 Å². The van der Waals surface area contributed by atoms with Gasteiger partial charge in [-0.2, -0.15) is 0 Å². The maximum absolute atomic E-state index is 11.5. The van der Waals surface area contributed by atoms with Crippen LogP contribution in [0.3, 0.4) is 0 Å². The van der Waals surface area contributed by atoms with Crippen LogP contribution in [0.15, 0.2) is 24.3 Å². The Hall–Kier alpha value is -1.03. The molecule has 1 amide bonds. The lowest BCUT2D eigenvalue weighted by atomic mass is 10.2. The molecule has 1 rings (SSSR count). The highest BCUT2D eigenvalue weighted by Gasteiger charge is 2.09. The van der Waals surface area contributed by atoms with E-state index in [1.807, 2.05) is 6.92 Å². The SMILES string of the molecule is CC(Br)CNC(=O)c1ccccc1O. The summed E-state index contributed by atoms with van der Waals surface area (Å²) in [5.41, 5.74) is 0.306. The third-order valence-electron chi connectivity index (χ3n) is 1.69. The van der Waals surface area contributed by atoms with Crippen LogP contribution in [0.5, 0.6) is 5.75 Å². The van der Waals surface area contributed by atoms with Gasteiger partial charge in [0, 0.05) is 11.4 Å². The molecule has 0 aliphatic heterocycles. The number of carbonyl (C=O) groups is 1. The van der Waals surface area contributed by atoms with Gasteiger partial charge in [-0.05, 0) is 12.1 Å². The number of amides is 1. The zero-order valence-electron chi connectivity index (χ0n) is 7.83. The van der Waals surface area contributed by atoms with E-state index in [-0.39, 0.29) is 16.5 Å². The summed E-state index contributed by atoms with van der Waals surface area (Å²) >= 11 is 3.32. The standard InChI is InChI=1S/C10H12BrNO2/c1-7(11)6-12-10(14)8-4-2-3-5-9(8)13/h2-5,7,13H,6H2,1H3,(H,12,14). The molecule has 1 unspecified atom stereocenters. The molecule has 76 valence electrons. The Morgan fingerprint density at radius 2 is 2.21 bits per heavy atom. The number of rotatable bonds is 3. The van der Waals surface area contributed by atoms with Crippen molar-refractivity contribution < 1.29 is 9.90 Å². The Kier molecular flexibility index (Phi) is 3.95. The molecular formula is C10H12BrNO2. The first-order valence-electron chi connectivity index (χ1n) is 4.31. The Morgan fingerprint density at radius 1 is 1.57 bits per heavy atom. The highest BCUT2D eigenvalue weighted by Crippen LogP contribution is 2.14. The van der Waals surface area contributed by atoms with Crippen molar-refractivity contribution in [2.75, 3.05) is 6.54 Å². The predicted octanol–water partition coefficient (Wildman–Crippen LogP) is 1.91. The van der Waals surface area contributed by atoms with Crippen LogP contribution in [0.2, 0.25) is 0 Å². The van der Waals surface area contributed by atoms with Gasteiger partial charge >= 0.3 is 0 Å². The minimum Gasteiger partial charge on any atom is -0.507 e. The Bertz CT molecular complexity index is 326. The highest BCUT2D eigenvalue weighted by molar-refractivity contribution is 9.09. The first-order valence-corrected chi connectivity index (χ1v) is 5.23. The number of nitrogens with one attached hydrogen (secondary N) is 1. The molecular weight excluding hydrogens is 246 g/mol. The van der Waals surface area contributed by atoms with Gasteiger partial charge in [-0.1, -0.05) is 35.0 Å². The summed E-state index contributed by atoms with van der Waals surface area (Å²) in [6, 6.07) is 6.47. The zero-order chi connectivity index (χ0) is 10.6. The third kappa shape index (κ3) is 3.03. The van der Waals surface area contributed by atoms with Gasteiger partial charge in [0.15, 0.2) is 0 Å². The Labute approximate surface area is 91.3 Å². The summed E-state index contributed by atoms with van der Waals surface area (Å²) in [6.07, 6.45) is 0. The fourth-order valence-corrected chi connectivity index (χ4v) is 1.16. The average molecular weight is 258 g/mol. The van der Waals surface area contributed by atoms with Gasteiger partial charge in [-0.3, -0.25) is 4.79 Å². The van der Waals surface area contributed by atoms with Gasteiger partial charge in [-0.25, -0.2) is 0 Å². The smallest absolute Gasteiger partial charge is 0.255 e. The molecule has 0 saturated heterocycles. The van der Waals surface area contributed by atoms with E-state index >= 15 is 0 Å². The van der Waals surface area contributed by atoms with Gasteiger partial charge < -0.3 is 10.4 Å². The molecule has 0 aromatic heterocycles. The zero-order valence-corrected chi connectivity index (χ0v) is 9.41. The molecule has 0 aliphatic rings. The van der Waals surface area contributed by atoms with Crippen LogP contribution < -0.4 is 5.32 Å². The fraction of sp³-hybridized carbons (Fsp3) is 0.300. The maximum Gasteiger partial charge on any atom is 0.255 e. The molecule has 2 N–H and O–H groups in total. The van der Waals surface area contributed by atoms with Crippen molar-refractivity contribution in [3.63, 3.8) is 0 Å². The summed E-state index contributed by atoms with van der Waals surface area (Å²) < 4.78 is 0. The van der Waals surface area contributed by atoms with Crippen molar-refractivity contribution in [2.24, 2.45) is 0 Å². The van der Waals surface area contributed by atoms with Crippen molar-refractivity contribution in [3.05, 3.63) is 29.8 Å². The number of phenolic OH excluding ortho intramolecular Hbond substituents is 1. The first kappa shape index (κ1) is 11.0. The van der Waals surface area contributed by atoms with Crippen LogP contribution in [0, 0.1) is 0 Å². The number of hydrogen-bond acceptors (Lipinski definition) is 2. The van der Waals surface area contributed by atoms with Crippen LogP contribution in [-0.4, -0.2) is 22.4 Å². The Balaban J connectivity index is 2.65. The van der Waals surface area contributed by atoms with E-state index in [1.165, 1.54) is 6.07 Å².